The predicted molar refractivity (Wildman–Crippen MR) is 56.8 cm³/mol. The van der Waals surface area contributed by atoms with Crippen LogP contribution in [0.5, 0.6) is 0 Å². The van der Waals surface area contributed by atoms with Crippen LogP contribution in [0, 0.1) is 5.92 Å². The van der Waals surface area contributed by atoms with Crippen LogP contribution in [0.2, 0.25) is 0 Å². The number of hydrogen-bond donors (Lipinski definition) is 1. The van der Waals surface area contributed by atoms with Crippen molar-refractivity contribution >= 4 is 8.69 Å². The summed E-state index contributed by atoms with van der Waals surface area (Å²) in [4.78, 5) is 0. The van der Waals surface area contributed by atoms with Gasteiger partial charge in [0.15, 0.2) is 0 Å². The van der Waals surface area contributed by atoms with E-state index in [0.29, 0.717) is 19.1 Å². The Morgan fingerprint density at radius 3 is 2.80 bits per heavy atom. The summed E-state index contributed by atoms with van der Waals surface area (Å²) < 4.78 is 21.2. The average molecular weight is 231 g/mol. The van der Waals surface area contributed by atoms with Crippen molar-refractivity contribution in [2.75, 3.05) is 13.2 Å². The highest BCUT2D eigenvalue weighted by Crippen LogP contribution is 2.45. The van der Waals surface area contributed by atoms with Crippen LogP contribution in [0.25, 0.3) is 0 Å². The van der Waals surface area contributed by atoms with Crippen molar-refractivity contribution in [2.45, 2.75) is 43.8 Å². The van der Waals surface area contributed by atoms with Gasteiger partial charge in [0, 0.05) is 5.92 Å². The normalized spacial score (nSPS) is 34.2. The molecule has 0 amide bonds. The first-order chi connectivity index (χ1) is 7.29. The van der Waals surface area contributed by atoms with Crippen LogP contribution in [-0.4, -0.2) is 24.9 Å². The molecular weight excluding hydrogens is 213 g/mol. The largest absolute Gasteiger partial charge is 0.369 e. The van der Waals surface area contributed by atoms with Gasteiger partial charge in [-0.2, -0.15) is 0 Å². The zero-order valence-electron chi connectivity index (χ0n) is 8.85. The van der Waals surface area contributed by atoms with E-state index >= 15 is 0 Å². The molecule has 2 rings (SSSR count). The Bertz CT molecular complexity index is 231. The Kier molecular flexibility index (Phi) is 3.73. The maximum absolute atomic E-state index is 10.3. The summed E-state index contributed by atoms with van der Waals surface area (Å²) >= 11 is 0. The van der Waals surface area contributed by atoms with Crippen molar-refractivity contribution in [3.63, 3.8) is 0 Å². The molecule has 1 saturated heterocycles. The second kappa shape index (κ2) is 4.88. The van der Waals surface area contributed by atoms with Gasteiger partial charge in [-0.3, -0.25) is 4.52 Å². The summed E-state index contributed by atoms with van der Waals surface area (Å²) in [5, 5.41) is 0. The Morgan fingerprint density at radius 1 is 1.47 bits per heavy atom. The summed E-state index contributed by atoms with van der Waals surface area (Å²) in [6.07, 6.45) is 5.89. The minimum atomic E-state index is -0.268. The highest BCUT2D eigenvalue weighted by atomic mass is 31.1. The van der Waals surface area contributed by atoms with E-state index < -0.39 is 0 Å². The molecule has 86 valence electrons. The van der Waals surface area contributed by atoms with E-state index in [0.717, 1.165) is 19.3 Å². The van der Waals surface area contributed by atoms with Crippen LogP contribution in [0.15, 0.2) is 0 Å². The molecule has 0 aromatic heterocycles. The molecule has 0 unspecified atom stereocenters. The van der Waals surface area contributed by atoms with Crippen LogP contribution in [0.4, 0.5) is 0 Å². The van der Waals surface area contributed by atoms with E-state index in [9.17, 15) is 4.57 Å². The molecule has 1 heterocycles. The van der Waals surface area contributed by atoms with Gasteiger partial charge in [0.2, 0.25) is 0 Å². The van der Waals surface area contributed by atoms with E-state index in [-0.39, 0.29) is 20.4 Å². The molecule has 2 fully saturated rings. The monoisotopic (exact) mass is 231 g/mol. The molecule has 1 saturated carbocycles. The Hall–Kier alpha value is -0.0200. The van der Waals surface area contributed by atoms with Crippen LogP contribution < -0.4 is 5.73 Å². The summed E-state index contributed by atoms with van der Waals surface area (Å²) in [6, 6.07) is 0. The molecule has 0 aromatic rings. The number of rotatable bonds is 4. The van der Waals surface area contributed by atoms with Crippen molar-refractivity contribution in [3.8, 4) is 0 Å². The fourth-order valence-corrected chi connectivity index (χ4v) is 3.13. The first-order valence-corrected chi connectivity index (χ1v) is 6.35. The summed E-state index contributed by atoms with van der Waals surface area (Å²) in [7, 11) is -0.268. The quantitative estimate of drug-likeness (QED) is 0.750. The van der Waals surface area contributed by atoms with Gasteiger partial charge >= 0.3 is 8.69 Å². The highest BCUT2D eigenvalue weighted by molar-refractivity contribution is 7.17. The van der Waals surface area contributed by atoms with Crippen molar-refractivity contribution < 1.29 is 13.8 Å². The zero-order valence-corrected chi connectivity index (χ0v) is 9.75. The van der Waals surface area contributed by atoms with Crippen LogP contribution in [0.1, 0.15) is 32.1 Å². The molecule has 2 atom stereocenters. The molecular formula is C10H18NO3P. The first kappa shape index (κ1) is 11.5. The zero-order chi connectivity index (χ0) is 10.7. The van der Waals surface area contributed by atoms with Crippen LogP contribution in [-0.2, 0) is 13.8 Å². The summed E-state index contributed by atoms with van der Waals surface area (Å²) in [6.45, 7) is 1.03. The molecule has 1 aliphatic heterocycles. The second-order valence-corrected chi connectivity index (χ2v) is 5.02. The van der Waals surface area contributed by atoms with Crippen LogP contribution in [0.3, 0.4) is 0 Å². The third-order valence-corrected chi connectivity index (χ3v) is 3.92. The van der Waals surface area contributed by atoms with Crippen molar-refractivity contribution in [1.82, 2.24) is 0 Å². The van der Waals surface area contributed by atoms with Crippen molar-refractivity contribution in [3.05, 3.63) is 0 Å². The van der Waals surface area contributed by atoms with Crippen molar-refractivity contribution in [1.29, 1.82) is 0 Å². The highest BCUT2D eigenvalue weighted by Gasteiger charge is 2.47. The lowest BCUT2D eigenvalue weighted by atomic mass is 9.91. The van der Waals surface area contributed by atoms with E-state index in [4.69, 9.17) is 15.0 Å². The van der Waals surface area contributed by atoms with Gasteiger partial charge in [0.1, 0.15) is 0 Å². The third kappa shape index (κ3) is 2.39. The molecule has 0 aromatic carbocycles. The molecule has 15 heavy (non-hydrogen) atoms. The molecule has 4 nitrogen and oxygen atoms in total. The lowest BCUT2D eigenvalue weighted by Gasteiger charge is -2.23. The lowest BCUT2D eigenvalue weighted by Crippen LogP contribution is -2.28. The number of hydrogen-bond acceptors (Lipinski definition) is 4. The average Bonchev–Trinajstić information content (AvgIpc) is 2.84. The van der Waals surface area contributed by atoms with Gasteiger partial charge in [-0.05, 0) is 25.8 Å². The molecule has 1 spiro atoms. The summed E-state index contributed by atoms with van der Waals surface area (Å²) in [5.41, 5.74) is 5.80. The topological polar surface area (TPSA) is 61.6 Å². The molecule has 0 radical (unpaired) electrons. The Labute approximate surface area is 91.8 Å². The van der Waals surface area contributed by atoms with Gasteiger partial charge in [0.05, 0.1) is 18.3 Å². The predicted octanol–water partition coefficient (Wildman–Crippen LogP) is 1.89. The lowest BCUT2D eigenvalue weighted by molar-refractivity contribution is -0.0544. The second-order valence-electron chi connectivity index (χ2n) is 4.62. The SMILES string of the molecule is NC[C@@H]1CC2(CCCC2)O[C@H]1COP=O. The Balaban J connectivity index is 1.96. The molecule has 0 bridgehead atoms. The van der Waals surface area contributed by atoms with Crippen LogP contribution >= 0.6 is 8.69 Å². The Morgan fingerprint density at radius 2 is 2.20 bits per heavy atom. The van der Waals surface area contributed by atoms with Crippen molar-refractivity contribution in [2.24, 2.45) is 11.7 Å². The molecule has 5 heteroatoms. The van der Waals surface area contributed by atoms with Gasteiger partial charge in [0.25, 0.3) is 0 Å². The fraction of sp³-hybridized carbons (Fsp3) is 1.00. The maximum Gasteiger partial charge on any atom is 0.327 e. The molecule has 1 aliphatic carbocycles. The van der Waals surface area contributed by atoms with E-state index in [2.05, 4.69) is 0 Å². The van der Waals surface area contributed by atoms with E-state index in [1.807, 2.05) is 0 Å². The van der Waals surface area contributed by atoms with E-state index in [1.54, 1.807) is 0 Å². The van der Waals surface area contributed by atoms with Gasteiger partial charge in [-0.15, -0.1) is 0 Å². The fourth-order valence-electron chi connectivity index (χ4n) is 2.93. The third-order valence-electron chi connectivity index (χ3n) is 3.67. The maximum atomic E-state index is 10.3. The first-order valence-electron chi connectivity index (χ1n) is 5.62. The summed E-state index contributed by atoms with van der Waals surface area (Å²) in [5.74, 6) is 0.366. The van der Waals surface area contributed by atoms with Gasteiger partial charge in [-0.1, -0.05) is 12.8 Å². The number of ether oxygens (including phenoxy) is 1. The standard InChI is InChI=1S/C10H18NO3P/c11-6-8-5-10(3-1-2-4-10)14-9(8)7-13-15-12/h8-9H,1-7,11H2/t8-,9-/m0/s1. The van der Waals surface area contributed by atoms with E-state index in [1.165, 1.54) is 12.8 Å². The van der Waals surface area contributed by atoms with Gasteiger partial charge < -0.3 is 10.5 Å². The van der Waals surface area contributed by atoms with Gasteiger partial charge in [-0.25, -0.2) is 4.57 Å². The minimum Gasteiger partial charge on any atom is -0.369 e. The minimum absolute atomic E-state index is 0.0366. The molecule has 2 N–H and O–H groups in total. The number of nitrogens with two attached hydrogens (primary N) is 1. The molecule has 2 aliphatic rings. The smallest absolute Gasteiger partial charge is 0.327 e.